The molecule has 2 aromatic carbocycles. The van der Waals surface area contributed by atoms with Crippen LogP contribution in [0.2, 0.25) is 0 Å². The van der Waals surface area contributed by atoms with Crippen molar-refractivity contribution in [2.45, 2.75) is 6.42 Å². The molecule has 1 nitrogen and oxygen atoms in total. The number of hydrogen-bond acceptors (Lipinski definition) is 1. The van der Waals surface area contributed by atoms with E-state index in [1.165, 1.54) is 20.8 Å². The molecule has 3 heteroatoms. The molecule has 1 heterocycles. The smallest absolute Gasteiger partial charge is 0.188 e. The maximum absolute atomic E-state index is 2.30. The lowest BCUT2D eigenvalue weighted by molar-refractivity contribution is -0.647. The topological polar surface area (TPSA) is 3.88 Å². The van der Waals surface area contributed by atoms with Gasteiger partial charge in [-0.3, -0.25) is 0 Å². The second kappa shape index (κ2) is 5.63. The van der Waals surface area contributed by atoms with Crippen molar-refractivity contribution in [2.24, 2.45) is 7.05 Å². The van der Waals surface area contributed by atoms with Crippen molar-refractivity contribution >= 4 is 38.5 Å². The summed E-state index contributed by atoms with van der Waals surface area (Å²) >= 11 is 1.88. The number of rotatable bonds is 2. The summed E-state index contributed by atoms with van der Waals surface area (Å²) in [6, 6.07) is 19.2. The van der Waals surface area contributed by atoms with Crippen LogP contribution in [0.4, 0.5) is 0 Å². The number of nitrogens with zero attached hydrogens (tertiary/aromatic N) is 1. The summed E-state index contributed by atoms with van der Waals surface area (Å²) in [5.74, 6) is 0. The number of para-hydroxylation sites is 1. The van der Waals surface area contributed by atoms with Crippen LogP contribution >= 0.6 is 28.3 Å². The van der Waals surface area contributed by atoms with Gasteiger partial charge in [0.2, 0.25) is 10.5 Å². The third-order valence-electron chi connectivity index (χ3n) is 3.03. The number of halogens is 1. The molecule has 0 atom stereocenters. The van der Waals surface area contributed by atoms with E-state index in [0.29, 0.717) is 0 Å². The molecule has 18 heavy (non-hydrogen) atoms. The second-order valence-corrected chi connectivity index (χ2v) is 5.30. The molecule has 0 radical (unpaired) electrons. The highest BCUT2D eigenvalue weighted by atomic mass is 79.9. The van der Waals surface area contributed by atoms with Crippen LogP contribution in [0.5, 0.6) is 0 Å². The third-order valence-corrected chi connectivity index (χ3v) is 4.25. The molecule has 1 aromatic heterocycles. The van der Waals surface area contributed by atoms with E-state index in [9.17, 15) is 0 Å². The Morgan fingerprint density at radius 3 is 2.33 bits per heavy atom. The van der Waals surface area contributed by atoms with Crippen molar-refractivity contribution in [2.75, 3.05) is 0 Å². The summed E-state index contributed by atoms with van der Waals surface area (Å²) in [5, 5.41) is 1.40. The molecule has 0 aliphatic carbocycles. The van der Waals surface area contributed by atoms with Gasteiger partial charge in [-0.1, -0.05) is 53.8 Å². The Hall–Kier alpha value is -1.19. The molecule has 0 fully saturated rings. The van der Waals surface area contributed by atoms with E-state index < -0.39 is 0 Å². The highest BCUT2D eigenvalue weighted by Gasteiger charge is 2.15. The molecule has 0 aliphatic rings. The molecule has 3 rings (SSSR count). The monoisotopic (exact) mass is 320 g/mol. The van der Waals surface area contributed by atoms with E-state index in [0.717, 1.165) is 6.42 Å². The fourth-order valence-electron chi connectivity index (χ4n) is 2.08. The Balaban J connectivity index is 0.00000120. The Morgan fingerprint density at radius 2 is 1.61 bits per heavy atom. The van der Waals surface area contributed by atoms with Gasteiger partial charge >= 0.3 is 0 Å². The zero-order valence-electron chi connectivity index (χ0n) is 10.2. The quantitative estimate of drug-likeness (QED) is 0.631. The fraction of sp³-hybridized carbons (Fsp3) is 0.133. The van der Waals surface area contributed by atoms with Crippen molar-refractivity contribution in [3.05, 3.63) is 65.2 Å². The van der Waals surface area contributed by atoms with Crippen LogP contribution < -0.4 is 4.57 Å². The number of thiazole rings is 1. The van der Waals surface area contributed by atoms with Gasteiger partial charge in [0, 0.05) is 6.07 Å². The van der Waals surface area contributed by atoms with Crippen LogP contribution in [0.25, 0.3) is 10.2 Å². The van der Waals surface area contributed by atoms with Gasteiger partial charge in [-0.25, -0.2) is 0 Å². The highest BCUT2D eigenvalue weighted by molar-refractivity contribution is 8.93. The van der Waals surface area contributed by atoms with Gasteiger partial charge in [0.05, 0.1) is 6.42 Å². The Labute approximate surface area is 121 Å². The summed E-state index contributed by atoms with van der Waals surface area (Å²) in [7, 11) is 2.15. The van der Waals surface area contributed by atoms with Crippen LogP contribution in [0.3, 0.4) is 0 Å². The van der Waals surface area contributed by atoms with Gasteiger partial charge in [-0.2, -0.15) is 4.57 Å². The minimum atomic E-state index is 0. The number of benzene rings is 2. The zero-order chi connectivity index (χ0) is 11.7. The minimum absolute atomic E-state index is 0. The van der Waals surface area contributed by atoms with Gasteiger partial charge in [0.25, 0.3) is 0 Å². The van der Waals surface area contributed by atoms with Gasteiger partial charge in [0.15, 0.2) is 0 Å². The van der Waals surface area contributed by atoms with Crippen molar-refractivity contribution in [3.63, 3.8) is 0 Å². The number of aryl methyl sites for hydroxylation is 1. The Morgan fingerprint density at radius 1 is 0.944 bits per heavy atom. The molecule has 92 valence electrons. The number of hydrogen-bond donors (Lipinski definition) is 0. The van der Waals surface area contributed by atoms with Crippen LogP contribution in [0, 0.1) is 0 Å². The average molecular weight is 321 g/mol. The standard InChI is InChI=1S/C15H14NS.BrH/c1-16-13-9-5-6-10-14(13)17-15(16)11-12-7-3-2-4-8-12;/h2-10H,11H2,1H3;1H/q+1;. The molecule has 0 spiro atoms. The Kier molecular flexibility index (Phi) is 4.15. The maximum Gasteiger partial charge on any atom is 0.242 e. The molecule has 0 amide bonds. The molecule has 0 aliphatic heterocycles. The van der Waals surface area contributed by atoms with Crippen LogP contribution in [-0.2, 0) is 13.5 Å². The summed E-state index contributed by atoms with van der Waals surface area (Å²) in [5.41, 5.74) is 2.69. The highest BCUT2D eigenvalue weighted by Crippen LogP contribution is 2.21. The first-order chi connectivity index (χ1) is 8.34. The average Bonchev–Trinajstić information content (AvgIpc) is 2.68. The minimum Gasteiger partial charge on any atom is -0.188 e. The van der Waals surface area contributed by atoms with E-state index in [1.807, 2.05) is 11.3 Å². The Bertz CT molecular complexity index is 646. The predicted molar refractivity (Wildman–Crippen MR) is 82.6 cm³/mol. The summed E-state index contributed by atoms with van der Waals surface area (Å²) < 4.78 is 3.66. The predicted octanol–water partition coefficient (Wildman–Crippen LogP) is 3.89. The molecule has 0 bridgehead atoms. The first-order valence-electron chi connectivity index (χ1n) is 5.75. The summed E-state index contributed by atoms with van der Waals surface area (Å²) in [6.45, 7) is 0. The van der Waals surface area contributed by atoms with Gasteiger partial charge in [0.1, 0.15) is 11.7 Å². The van der Waals surface area contributed by atoms with E-state index in [1.54, 1.807) is 0 Å². The molecule has 0 saturated heterocycles. The molecule has 0 saturated carbocycles. The normalized spacial score (nSPS) is 10.3. The maximum atomic E-state index is 2.30. The molecular weight excluding hydrogens is 306 g/mol. The molecular formula is C15H15BrNS+. The van der Waals surface area contributed by atoms with E-state index in [-0.39, 0.29) is 17.0 Å². The number of aromatic nitrogens is 1. The van der Waals surface area contributed by atoms with Crippen molar-refractivity contribution in [1.82, 2.24) is 0 Å². The van der Waals surface area contributed by atoms with E-state index >= 15 is 0 Å². The second-order valence-electron chi connectivity index (χ2n) is 4.18. The largest absolute Gasteiger partial charge is 0.242 e. The molecule has 0 unspecified atom stereocenters. The summed E-state index contributed by atoms with van der Waals surface area (Å²) in [6.07, 6.45) is 1.01. The summed E-state index contributed by atoms with van der Waals surface area (Å²) in [4.78, 5) is 0. The first kappa shape index (κ1) is 13.2. The van der Waals surface area contributed by atoms with Crippen molar-refractivity contribution < 1.29 is 4.57 Å². The number of fused-ring (bicyclic) bond motifs is 1. The SMILES string of the molecule is Br.C[n+]1c(Cc2ccccc2)sc2ccccc21. The first-order valence-corrected chi connectivity index (χ1v) is 6.56. The van der Waals surface area contributed by atoms with Gasteiger partial charge in [-0.15, -0.1) is 17.0 Å². The lowest BCUT2D eigenvalue weighted by Crippen LogP contribution is -2.30. The fourth-order valence-corrected chi connectivity index (χ4v) is 3.26. The van der Waals surface area contributed by atoms with Gasteiger partial charge in [-0.05, 0) is 11.6 Å². The zero-order valence-corrected chi connectivity index (χ0v) is 12.7. The van der Waals surface area contributed by atoms with Crippen LogP contribution in [0.1, 0.15) is 10.6 Å². The molecule has 0 N–H and O–H groups in total. The van der Waals surface area contributed by atoms with Crippen molar-refractivity contribution in [3.8, 4) is 0 Å². The van der Waals surface area contributed by atoms with E-state index in [4.69, 9.17) is 0 Å². The third kappa shape index (κ3) is 2.47. The van der Waals surface area contributed by atoms with Gasteiger partial charge < -0.3 is 0 Å². The van der Waals surface area contributed by atoms with Crippen LogP contribution in [-0.4, -0.2) is 0 Å². The molecule has 3 aromatic rings. The lowest BCUT2D eigenvalue weighted by atomic mass is 10.2. The van der Waals surface area contributed by atoms with Crippen LogP contribution in [0.15, 0.2) is 54.6 Å². The van der Waals surface area contributed by atoms with Crippen molar-refractivity contribution in [1.29, 1.82) is 0 Å². The van der Waals surface area contributed by atoms with E-state index in [2.05, 4.69) is 66.2 Å². The lowest BCUT2D eigenvalue weighted by Gasteiger charge is -1.95.